The van der Waals surface area contributed by atoms with Crippen LogP contribution in [0.2, 0.25) is 0 Å². The Labute approximate surface area is 179 Å². The van der Waals surface area contributed by atoms with Gasteiger partial charge in [0.2, 0.25) is 0 Å². The SMILES string of the molecule is O=[N+]([O-])C1(Cl)C=Cc2nc(-c3ccc(F)cc3)nc(Nc3ccc4[nH]ncc4c3)c2C1. The second-order valence-corrected chi connectivity index (χ2v) is 7.80. The van der Waals surface area contributed by atoms with Crippen LogP contribution in [-0.2, 0) is 6.42 Å². The molecule has 0 amide bonds. The smallest absolute Gasteiger partial charge is 0.318 e. The molecule has 1 aliphatic rings. The van der Waals surface area contributed by atoms with Crippen LogP contribution in [0.15, 0.2) is 54.7 Å². The number of aromatic amines is 1. The maximum Gasteiger partial charge on any atom is 0.318 e. The molecule has 154 valence electrons. The molecule has 10 heteroatoms. The molecule has 1 aliphatic carbocycles. The summed E-state index contributed by atoms with van der Waals surface area (Å²) in [6.07, 6.45) is 4.44. The molecule has 2 N–H and O–H groups in total. The highest BCUT2D eigenvalue weighted by Crippen LogP contribution is 2.36. The molecule has 0 radical (unpaired) electrons. The van der Waals surface area contributed by atoms with Crippen molar-refractivity contribution < 1.29 is 9.31 Å². The van der Waals surface area contributed by atoms with Gasteiger partial charge < -0.3 is 5.32 Å². The summed E-state index contributed by atoms with van der Waals surface area (Å²) in [5, 5.41) is 22.5. The Bertz CT molecular complexity index is 1350. The minimum absolute atomic E-state index is 0.0899. The van der Waals surface area contributed by atoms with Crippen molar-refractivity contribution in [2.75, 3.05) is 5.32 Å². The average Bonchev–Trinajstić information content (AvgIpc) is 3.22. The van der Waals surface area contributed by atoms with E-state index in [-0.39, 0.29) is 12.2 Å². The molecule has 0 saturated carbocycles. The third-order valence-electron chi connectivity index (χ3n) is 5.07. The molecule has 2 aromatic heterocycles. The summed E-state index contributed by atoms with van der Waals surface area (Å²) >= 11 is 6.23. The minimum atomic E-state index is -1.78. The number of hydrogen-bond acceptors (Lipinski definition) is 6. The Hall–Kier alpha value is -3.85. The fourth-order valence-corrected chi connectivity index (χ4v) is 3.64. The van der Waals surface area contributed by atoms with Crippen molar-refractivity contribution >= 4 is 40.1 Å². The van der Waals surface area contributed by atoms with Gasteiger partial charge >= 0.3 is 5.00 Å². The zero-order chi connectivity index (χ0) is 21.6. The summed E-state index contributed by atoms with van der Waals surface area (Å²) in [5.41, 5.74) is 3.24. The topological polar surface area (TPSA) is 110 Å². The van der Waals surface area contributed by atoms with Crippen LogP contribution >= 0.6 is 11.6 Å². The van der Waals surface area contributed by atoms with Gasteiger partial charge in [0.05, 0.1) is 23.8 Å². The molecule has 8 nitrogen and oxygen atoms in total. The Morgan fingerprint density at radius 1 is 1.19 bits per heavy atom. The lowest BCUT2D eigenvalue weighted by Crippen LogP contribution is -2.34. The van der Waals surface area contributed by atoms with Crippen LogP contribution < -0.4 is 5.32 Å². The van der Waals surface area contributed by atoms with Crippen molar-refractivity contribution in [3.05, 3.63) is 81.9 Å². The summed E-state index contributed by atoms with van der Waals surface area (Å²) < 4.78 is 13.4. The van der Waals surface area contributed by atoms with E-state index in [1.807, 2.05) is 18.2 Å². The lowest BCUT2D eigenvalue weighted by Gasteiger charge is -2.23. The zero-order valence-corrected chi connectivity index (χ0v) is 16.6. The van der Waals surface area contributed by atoms with Crippen molar-refractivity contribution in [1.29, 1.82) is 0 Å². The number of H-pyrrole nitrogens is 1. The molecule has 2 heterocycles. The van der Waals surface area contributed by atoms with Crippen LogP contribution in [0.4, 0.5) is 15.9 Å². The number of hydrogen-bond donors (Lipinski definition) is 2. The van der Waals surface area contributed by atoms with Crippen LogP contribution in [0.3, 0.4) is 0 Å². The minimum Gasteiger partial charge on any atom is -0.340 e. The van der Waals surface area contributed by atoms with Gasteiger partial charge in [-0.2, -0.15) is 5.10 Å². The average molecular weight is 437 g/mol. The van der Waals surface area contributed by atoms with Crippen molar-refractivity contribution in [2.45, 2.75) is 11.4 Å². The number of alkyl halides is 1. The molecule has 0 fully saturated rings. The predicted octanol–water partition coefficient (Wildman–Crippen LogP) is 4.68. The number of halogens is 2. The Balaban J connectivity index is 1.63. The predicted molar refractivity (Wildman–Crippen MR) is 115 cm³/mol. The van der Waals surface area contributed by atoms with Gasteiger partial charge in [-0.3, -0.25) is 15.2 Å². The van der Waals surface area contributed by atoms with Gasteiger partial charge in [-0.1, -0.05) is 0 Å². The third kappa shape index (κ3) is 3.49. The molecular weight excluding hydrogens is 423 g/mol. The van der Waals surface area contributed by atoms with Crippen LogP contribution in [-0.4, -0.2) is 30.1 Å². The number of nitrogens with one attached hydrogen (secondary N) is 2. The standard InChI is InChI=1S/C21H14ClFN6O2/c22-21(29(30)31)8-7-18-16(10-21)20(25-15-5-6-17-13(9-15)11-24-28-17)27-19(26-18)12-1-3-14(23)4-2-12/h1-9,11H,10H2,(H,24,28)(H,25,26,27). The van der Waals surface area contributed by atoms with Gasteiger partial charge in [0.15, 0.2) is 5.82 Å². The Kier molecular flexibility index (Phi) is 4.40. The number of benzene rings is 2. The Morgan fingerprint density at radius 2 is 2.00 bits per heavy atom. The van der Waals surface area contributed by atoms with Crippen molar-refractivity contribution in [2.24, 2.45) is 0 Å². The highest BCUT2D eigenvalue weighted by Gasteiger charge is 2.42. The van der Waals surface area contributed by atoms with E-state index in [1.165, 1.54) is 24.3 Å². The first-order chi connectivity index (χ1) is 14.9. The third-order valence-corrected chi connectivity index (χ3v) is 5.47. The lowest BCUT2D eigenvalue weighted by molar-refractivity contribution is -0.527. The summed E-state index contributed by atoms with van der Waals surface area (Å²) in [6.45, 7) is 0. The van der Waals surface area contributed by atoms with E-state index in [9.17, 15) is 14.5 Å². The number of fused-ring (bicyclic) bond motifs is 2. The zero-order valence-electron chi connectivity index (χ0n) is 15.8. The molecule has 1 unspecified atom stereocenters. The highest BCUT2D eigenvalue weighted by atomic mass is 35.5. The largest absolute Gasteiger partial charge is 0.340 e. The second kappa shape index (κ2) is 7.13. The molecule has 0 saturated heterocycles. The summed E-state index contributed by atoms with van der Waals surface area (Å²) in [6, 6.07) is 11.4. The highest BCUT2D eigenvalue weighted by molar-refractivity contribution is 6.24. The van der Waals surface area contributed by atoms with Crippen LogP contribution in [0.1, 0.15) is 11.3 Å². The fourth-order valence-electron chi connectivity index (χ4n) is 3.44. The molecule has 4 aromatic rings. The number of nitrogens with zero attached hydrogens (tertiary/aromatic N) is 4. The van der Waals surface area contributed by atoms with Gasteiger partial charge in [-0.05, 0) is 60.1 Å². The molecule has 1 atom stereocenters. The van der Waals surface area contributed by atoms with Gasteiger partial charge in [0.1, 0.15) is 11.6 Å². The lowest BCUT2D eigenvalue weighted by atomic mass is 9.97. The summed E-state index contributed by atoms with van der Waals surface area (Å²) in [7, 11) is 0. The van der Waals surface area contributed by atoms with Gasteiger partial charge in [-0.15, -0.1) is 0 Å². The maximum atomic E-state index is 13.4. The molecular formula is C21H14ClFN6O2. The monoisotopic (exact) mass is 436 g/mol. The van der Waals surface area contributed by atoms with Gasteiger partial charge in [0.25, 0.3) is 0 Å². The van der Waals surface area contributed by atoms with Crippen LogP contribution in [0, 0.1) is 15.9 Å². The van der Waals surface area contributed by atoms with Crippen LogP contribution in [0.25, 0.3) is 28.4 Å². The normalized spacial score (nSPS) is 17.5. The van der Waals surface area contributed by atoms with E-state index in [0.717, 1.165) is 16.6 Å². The molecule has 0 aliphatic heterocycles. The van der Waals surface area contributed by atoms with E-state index in [1.54, 1.807) is 18.3 Å². The molecule has 0 spiro atoms. The van der Waals surface area contributed by atoms with Crippen molar-refractivity contribution in [3.63, 3.8) is 0 Å². The van der Waals surface area contributed by atoms with E-state index >= 15 is 0 Å². The number of rotatable bonds is 4. The molecule has 5 rings (SSSR count). The number of aromatic nitrogens is 4. The van der Waals surface area contributed by atoms with Gasteiger partial charge in [0, 0.05) is 33.2 Å². The number of anilines is 2. The summed E-state index contributed by atoms with van der Waals surface area (Å²) in [5.74, 6) is 0.383. The maximum absolute atomic E-state index is 13.4. The fraction of sp³-hybridized carbons (Fsp3) is 0.0952. The molecule has 2 aromatic carbocycles. The summed E-state index contributed by atoms with van der Waals surface area (Å²) in [4.78, 5) is 18.3. The number of nitro groups is 1. The van der Waals surface area contributed by atoms with Gasteiger partial charge in [-0.25, -0.2) is 14.4 Å². The molecule has 0 bridgehead atoms. The Morgan fingerprint density at radius 3 is 2.77 bits per heavy atom. The van der Waals surface area contributed by atoms with E-state index < -0.39 is 9.92 Å². The second-order valence-electron chi connectivity index (χ2n) is 7.15. The van der Waals surface area contributed by atoms with Crippen molar-refractivity contribution in [1.82, 2.24) is 20.2 Å². The quantitative estimate of drug-likeness (QED) is 0.208. The molecule has 31 heavy (non-hydrogen) atoms. The van der Waals surface area contributed by atoms with E-state index in [4.69, 9.17) is 11.6 Å². The van der Waals surface area contributed by atoms with Crippen molar-refractivity contribution in [3.8, 4) is 11.4 Å². The van der Waals surface area contributed by atoms with E-state index in [2.05, 4.69) is 25.5 Å². The van der Waals surface area contributed by atoms with E-state index in [0.29, 0.717) is 28.5 Å². The van der Waals surface area contributed by atoms with Crippen LogP contribution in [0.5, 0.6) is 0 Å². The first kappa shape index (κ1) is 19.1. The first-order valence-corrected chi connectivity index (χ1v) is 9.69. The first-order valence-electron chi connectivity index (χ1n) is 9.31.